The highest BCUT2D eigenvalue weighted by molar-refractivity contribution is 6.31. The van der Waals surface area contributed by atoms with Gasteiger partial charge in [-0.2, -0.15) is 0 Å². The van der Waals surface area contributed by atoms with Gasteiger partial charge in [-0.1, -0.05) is 18.5 Å². The SMILES string of the molecule is CCCn1c([C@H](C)N)nc2cc(Cl)ccc21. The summed E-state index contributed by atoms with van der Waals surface area (Å²) in [5, 5.41) is 0.713. The van der Waals surface area contributed by atoms with E-state index in [1.165, 1.54) is 0 Å². The Labute approximate surface area is 100 Å². The minimum Gasteiger partial charge on any atom is -0.327 e. The van der Waals surface area contributed by atoms with E-state index in [-0.39, 0.29) is 6.04 Å². The summed E-state index contributed by atoms with van der Waals surface area (Å²) in [4.78, 5) is 4.55. The molecule has 0 unspecified atom stereocenters. The number of hydrogen-bond donors (Lipinski definition) is 1. The molecule has 0 spiro atoms. The fourth-order valence-corrected chi connectivity index (χ4v) is 2.09. The number of hydrogen-bond acceptors (Lipinski definition) is 2. The minimum atomic E-state index is -0.0577. The van der Waals surface area contributed by atoms with Crippen molar-refractivity contribution in [3.8, 4) is 0 Å². The predicted octanol–water partition coefficient (Wildman–Crippen LogP) is 3.12. The fraction of sp³-hybridized carbons (Fsp3) is 0.417. The third kappa shape index (κ3) is 1.93. The van der Waals surface area contributed by atoms with Gasteiger partial charge in [0.2, 0.25) is 0 Å². The van der Waals surface area contributed by atoms with Gasteiger partial charge in [-0.3, -0.25) is 0 Å². The van der Waals surface area contributed by atoms with Gasteiger partial charge in [-0.05, 0) is 31.5 Å². The number of imidazole rings is 1. The number of halogens is 1. The molecule has 0 aliphatic heterocycles. The number of rotatable bonds is 3. The van der Waals surface area contributed by atoms with Crippen LogP contribution in [-0.2, 0) is 6.54 Å². The first-order valence-electron chi connectivity index (χ1n) is 5.54. The number of fused-ring (bicyclic) bond motifs is 1. The molecular formula is C12H16ClN3. The molecule has 0 bridgehead atoms. The molecule has 0 saturated heterocycles. The Bertz CT molecular complexity index is 502. The Kier molecular flexibility index (Phi) is 3.17. The van der Waals surface area contributed by atoms with E-state index in [9.17, 15) is 0 Å². The van der Waals surface area contributed by atoms with Crippen LogP contribution < -0.4 is 5.73 Å². The Balaban J connectivity index is 2.65. The highest BCUT2D eigenvalue weighted by atomic mass is 35.5. The highest BCUT2D eigenvalue weighted by Gasteiger charge is 2.13. The molecule has 1 atom stereocenters. The monoisotopic (exact) mass is 237 g/mol. The Morgan fingerprint density at radius 3 is 2.88 bits per heavy atom. The van der Waals surface area contributed by atoms with Crippen LogP contribution in [0.3, 0.4) is 0 Å². The number of aromatic nitrogens is 2. The van der Waals surface area contributed by atoms with Gasteiger partial charge in [0.15, 0.2) is 0 Å². The number of nitrogens with two attached hydrogens (primary N) is 1. The zero-order chi connectivity index (χ0) is 11.7. The molecule has 16 heavy (non-hydrogen) atoms. The maximum absolute atomic E-state index is 5.96. The molecule has 0 saturated carbocycles. The van der Waals surface area contributed by atoms with Crippen LogP contribution in [0.4, 0.5) is 0 Å². The molecule has 0 aliphatic carbocycles. The second-order valence-electron chi connectivity index (χ2n) is 4.04. The van der Waals surface area contributed by atoms with E-state index in [0.717, 1.165) is 29.8 Å². The van der Waals surface area contributed by atoms with Crippen molar-refractivity contribution in [3.05, 3.63) is 29.0 Å². The molecule has 0 fully saturated rings. The lowest BCUT2D eigenvalue weighted by atomic mass is 10.3. The van der Waals surface area contributed by atoms with Crippen molar-refractivity contribution in [1.82, 2.24) is 9.55 Å². The molecule has 0 aliphatic rings. The maximum Gasteiger partial charge on any atom is 0.126 e. The van der Waals surface area contributed by atoms with Crippen LogP contribution in [0.1, 0.15) is 32.1 Å². The summed E-state index contributed by atoms with van der Waals surface area (Å²) >= 11 is 5.96. The van der Waals surface area contributed by atoms with Crippen molar-refractivity contribution in [1.29, 1.82) is 0 Å². The smallest absolute Gasteiger partial charge is 0.126 e. The Morgan fingerprint density at radius 2 is 2.25 bits per heavy atom. The van der Waals surface area contributed by atoms with Gasteiger partial charge in [0.25, 0.3) is 0 Å². The summed E-state index contributed by atoms with van der Waals surface area (Å²) in [6, 6.07) is 5.72. The first-order chi connectivity index (χ1) is 7.63. The second kappa shape index (κ2) is 4.44. The zero-order valence-corrected chi connectivity index (χ0v) is 10.3. The molecule has 1 heterocycles. The fourth-order valence-electron chi connectivity index (χ4n) is 1.93. The average molecular weight is 238 g/mol. The lowest BCUT2D eigenvalue weighted by molar-refractivity contribution is 0.613. The summed E-state index contributed by atoms with van der Waals surface area (Å²) in [6.45, 7) is 5.04. The van der Waals surface area contributed by atoms with Crippen LogP contribution in [0, 0.1) is 0 Å². The van der Waals surface area contributed by atoms with Gasteiger partial charge < -0.3 is 10.3 Å². The number of aryl methyl sites for hydroxylation is 1. The highest BCUT2D eigenvalue weighted by Crippen LogP contribution is 2.23. The minimum absolute atomic E-state index is 0.0577. The zero-order valence-electron chi connectivity index (χ0n) is 9.57. The van der Waals surface area contributed by atoms with Crippen molar-refractivity contribution in [3.63, 3.8) is 0 Å². The van der Waals surface area contributed by atoms with E-state index in [2.05, 4.69) is 16.5 Å². The Morgan fingerprint density at radius 1 is 1.50 bits per heavy atom. The van der Waals surface area contributed by atoms with Gasteiger partial charge in [0, 0.05) is 11.6 Å². The molecule has 0 radical (unpaired) electrons. The molecule has 2 aromatic rings. The molecule has 2 rings (SSSR count). The van der Waals surface area contributed by atoms with Crippen molar-refractivity contribution in [2.45, 2.75) is 32.9 Å². The van der Waals surface area contributed by atoms with Crippen LogP contribution >= 0.6 is 11.6 Å². The summed E-state index contributed by atoms with van der Waals surface area (Å²) in [6.07, 6.45) is 1.06. The van der Waals surface area contributed by atoms with Crippen LogP contribution in [0.25, 0.3) is 11.0 Å². The van der Waals surface area contributed by atoms with E-state index in [0.29, 0.717) is 5.02 Å². The quantitative estimate of drug-likeness (QED) is 0.892. The molecule has 0 amide bonds. The van der Waals surface area contributed by atoms with Gasteiger partial charge in [0.05, 0.1) is 17.1 Å². The van der Waals surface area contributed by atoms with E-state index in [4.69, 9.17) is 17.3 Å². The first kappa shape index (κ1) is 11.4. The number of nitrogens with zero attached hydrogens (tertiary/aromatic N) is 2. The average Bonchev–Trinajstić information content (AvgIpc) is 2.57. The first-order valence-corrected chi connectivity index (χ1v) is 5.92. The van der Waals surface area contributed by atoms with Gasteiger partial charge >= 0.3 is 0 Å². The molecule has 1 aromatic carbocycles. The third-order valence-corrected chi connectivity index (χ3v) is 2.83. The predicted molar refractivity (Wildman–Crippen MR) is 67.6 cm³/mol. The molecule has 3 nitrogen and oxygen atoms in total. The van der Waals surface area contributed by atoms with Crippen LogP contribution in [0.2, 0.25) is 5.02 Å². The Hall–Kier alpha value is -1.06. The van der Waals surface area contributed by atoms with Gasteiger partial charge in [0.1, 0.15) is 5.82 Å². The van der Waals surface area contributed by atoms with Crippen molar-refractivity contribution in [2.75, 3.05) is 0 Å². The van der Waals surface area contributed by atoms with E-state index >= 15 is 0 Å². The molecule has 4 heteroatoms. The third-order valence-electron chi connectivity index (χ3n) is 2.59. The molecular weight excluding hydrogens is 222 g/mol. The summed E-state index contributed by atoms with van der Waals surface area (Å²) in [7, 11) is 0. The summed E-state index contributed by atoms with van der Waals surface area (Å²) in [5.41, 5.74) is 7.96. The lowest BCUT2D eigenvalue weighted by Gasteiger charge is -2.09. The second-order valence-corrected chi connectivity index (χ2v) is 4.48. The van der Waals surface area contributed by atoms with Crippen LogP contribution in [0.5, 0.6) is 0 Å². The lowest BCUT2D eigenvalue weighted by Crippen LogP contribution is -2.13. The van der Waals surface area contributed by atoms with Crippen molar-refractivity contribution >= 4 is 22.6 Å². The van der Waals surface area contributed by atoms with E-state index in [1.54, 1.807) is 0 Å². The topological polar surface area (TPSA) is 43.8 Å². The molecule has 2 N–H and O–H groups in total. The maximum atomic E-state index is 5.96. The summed E-state index contributed by atoms with van der Waals surface area (Å²) in [5.74, 6) is 0.930. The van der Waals surface area contributed by atoms with Crippen LogP contribution in [0.15, 0.2) is 18.2 Å². The van der Waals surface area contributed by atoms with E-state index < -0.39 is 0 Å². The van der Waals surface area contributed by atoms with Crippen LogP contribution in [-0.4, -0.2) is 9.55 Å². The van der Waals surface area contributed by atoms with Crippen molar-refractivity contribution < 1.29 is 0 Å². The van der Waals surface area contributed by atoms with Crippen molar-refractivity contribution in [2.24, 2.45) is 5.73 Å². The molecule has 86 valence electrons. The van der Waals surface area contributed by atoms with Gasteiger partial charge in [-0.15, -0.1) is 0 Å². The number of benzene rings is 1. The largest absolute Gasteiger partial charge is 0.327 e. The normalized spacial score (nSPS) is 13.2. The standard InChI is InChI=1S/C12H16ClN3/c1-3-6-16-11-5-4-9(13)7-10(11)15-12(16)8(2)14/h4-5,7-8H,3,6,14H2,1-2H3/t8-/m0/s1. The summed E-state index contributed by atoms with van der Waals surface area (Å²) < 4.78 is 2.18. The molecule has 1 aromatic heterocycles. The van der Waals surface area contributed by atoms with Gasteiger partial charge in [-0.25, -0.2) is 4.98 Å². The van der Waals surface area contributed by atoms with E-state index in [1.807, 2.05) is 25.1 Å².